The molecule has 0 saturated carbocycles. The summed E-state index contributed by atoms with van der Waals surface area (Å²) in [5.74, 6) is 1.17. The van der Waals surface area contributed by atoms with E-state index in [1.165, 1.54) is 21.7 Å². The predicted octanol–water partition coefficient (Wildman–Crippen LogP) is 7.48. The van der Waals surface area contributed by atoms with Gasteiger partial charge in [0.2, 0.25) is 0 Å². The number of aromatic nitrogens is 3. The second kappa shape index (κ2) is 9.62. The van der Waals surface area contributed by atoms with Gasteiger partial charge in [0.25, 0.3) is 0 Å². The van der Waals surface area contributed by atoms with Crippen molar-refractivity contribution in [3.8, 4) is 33.9 Å². The molecule has 0 amide bonds. The van der Waals surface area contributed by atoms with Crippen LogP contribution in [-0.4, -0.2) is 33.3 Å². The molecule has 1 aromatic heterocycles. The van der Waals surface area contributed by atoms with E-state index >= 15 is 0 Å². The Morgan fingerprint density at radius 1 is 0.512 bits per heavy atom. The zero-order valence-corrected chi connectivity index (χ0v) is 23.6. The van der Waals surface area contributed by atoms with Gasteiger partial charge >= 0.3 is 7.12 Å². The van der Waals surface area contributed by atoms with E-state index in [1.807, 2.05) is 39.8 Å². The van der Waals surface area contributed by atoms with Gasteiger partial charge in [0.05, 0.1) is 11.2 Å². The molecule has 0 atom stereocenters. The summed E-state index contributed by atoms with van der Waals surface area (Å²) in [5.41, 5.74) is 3.60. The Bertz CT molecular complexity index is 1900. The van der Waals surface area contributed by atoms with Gasteiger partial charge in [0.1, 0.15) is 0 Å². The van der Waals surface area contributed by atoms with Gasteiger partial charge in [-0.05, 0) is 66.4 Å². The molecule has 2 heterocycles. The highest BCUT2D eigenvalue weighted by atomic mass is 16.7. The molecular weight excluding hydrogens is 505 g/mol. The van der Waals surface area contributed by atoms with Crippen LogP contribution in [0.15, 0.2) is 109 Å². The normalized spacial score (nSPS) is 16.0. The van der Waals surface area contributed by atoms with Gasteiger partial charge in [-0.15, -0.1) is 0 Å². The van der Waals surface area contributed by atoms with E-state index in [1.54, 1.807) is 0 Å². The summed E-state index contributed by atoms with van der Waals surface area (Å²) in [6, 6.07) is 37.8. The maximum atomic E-state index is 6.34. The van der Waals surface area contributed by atoms with Crippen LogP contribution < -0.4 is 5.72 Å². The van der Waals surface area contributed by atoms with E-state index in [0.29, 0.717) is 17.4 Å². The number of fused-ring (bicyclic) bond motifs is 2. The molecule has 0 unspecified atom stereocenters. The summed E-state index contributed by atoms with van der Waals surface area (Å²) in [6.07, 6.45) is 0. The maximum absolute atomic E-state index is 6.34. The minimum absolute atomic E-state index is 0.468. The van der Waals surface area contributed by atoms with Crippen molar-refractivity contribution in [2.24, 2.45) is 0 Å². The van der Waals surface area contributed by atoms with Crippen molar-refractivity contribution in [3.63, 3.8) is 0 Å². The van der Waals surface area contributed by atoms with Crippen LogP contribution in [0.5, 0.6) is 0 Å². The first kappa shape index (κ1) is 25.6. The summed E-state index contributed by atoms with van der Waals surface area (Å²) in [6.45, 7) is 8.13. The molecule has 1 aliphatic heterocycles. The standard InChI is InChI=1S/C35H30BN3O2/c1-34(2)35(3,4)41-36(40-34)33-38-31(37-32(39-33)28-21-16-23-10-5-6-12-27(23)22-28)26-19-17-25(18-20-26)30-15-9-13-24-11-7-8-14-29(24)30/h5-22H,1-4H3. The van der Waals surface area contributed by atoms with E-state index in [4.69, 9.17) is 24.3 Å². The highest BCUT2D eigenvalue weighted by Crippen LogP contribution is 2.37. The van der Waals surface area contributed by atoms with Crippen LogP contribution in [0.1, 0.15) is 27.7 Å². The Morgan fingerprint density at radius 3 is 1.80 bits per heavy atom. The lowest BCUT2D eigenvalue weighted by molar-refractivity contribution is 0.00578. The molecule has 0 N–H and O–H groups in total. The molecule has 0 bridgehead atoms. The third-order valence-corrected chi connectivity index (χ3v) is 8.37. The van der Waals surface area contributed by atoms with Crippen LogP contribution in [0.3, 0.4) is 0 Å². The lowest BCUT2D eigenvalue weighted by Crippen LogP contribution is -2.41. The molecule has 6 heteroatoms. The van der Waals surface area contributed by atoms with Crippen molar-refractivity contribution in [2.75, 3.05) is 0 Å². The fourth-order valence-corrected chi connectivity index (χ4v) is 5.31. The average molecular weight is 535 g/mol. The summed E-state index contributed by atoms with van der Waals surface area (Å²) in [4.78, 5) is 14.7. The molecule has 41 heavy (non-hydrogen) atoms. The van der Waals surface area contributed by atoms with Crippen molar-refractivity contribution in [1.82, 2.24) is 15.0 Å². The molecule has 0 aliphatic carbocycles. The first-order valence-electron chi connectivity index (χ1n) is 14.0. The van der Waals surface area contributed by atoms with Gasteiger partial charge in [-0.1, -0.05) is 103 Å². The largest absolute Gasteiger partial charge is 0.534 e. The molecule has 5 aromatic carbocycles. The van der Waals surface area contributed by atoms with Gasteiger partial charge in [0.15, 0.2) is 17.4 Å². The Kier molecular flexibility index (Phi) is 6.00. The molecule has 0 spiro atoms. The highest BCUT2D eigenvalue weighted by molar-refractivity contribution is 6.60. The SMILES string of the molecule is CC1(C)OB(c2nc(-c3ccc(-c4cccc5ccccc45)cc3)nc(-c3ccc4ccccc4c3)n2)OC1(C)C. The minimum Gasteiger partial charge on any atom is -0.397 e. The lowest BCUT2D eigenvalue weighted by Gasteiger charge is -2.32. The molecule has 200 valence electrons. The van der Waals surface area contributed by atoms with E-state index in [2.05, 4.69) is 97.1 Å². The molecule has 0 radical (unpaired) electrons. The van der Waals surface area contributed by atoms with E-state index in [0.717, 1.165) is 22.1 Å². The van der Waals surface area contributed by atoms with Crippen LogP contribution >= 0.6 is 0 Å². The van der Waals surface area contributed by atoms with Crippen LogP contribution in [0, 0.1) is 0 Å². The van der Waals surface area contributed by atoms with Gasteiger partial charge < -0.3 is 9.31 Å². The quantitative estimate of drug-likeness (QED) is 0.219. The van der Waals surface area contributed by atoms with Gasteiger partial charge in [-0.2, -0.15) is 0 Å². The fraction of sp³-hybridized carbons (Fsp3) is 0.171. The van der Waals surface area contributed by atoms with Crippen LogP contribution in [0.2, 0.25) is 0 Å². The first-order chi connectivity index (χ1) is 19.8. The van der Waals surface area contributed by atoms with Gasteiger partial charge in [-0.25, -0.2) is 15.0 Å². The minimum atomic E-state index is -0.698. The first-order valence-corrected chi connectivity index (χ1v) is 14.0. The van der Waals surface area contributed by atoms with E-state index in [-0.39, 0.29) is 0 Å². The number of hydrogen-bond acceptors (Lipinski definition) is 5. The molecule has 7 rings (SSSR count). The van der Waals surface area contributed by atoms with Crippen molar-refractivity contribution in [1.29, 1.82) is 0 Å². The Balaban J connectivity index is 1.33. The molecule has 6 aromatic rings. The molecule has 5 nitrogen and oxygen atoms in total. The smallest absolute Gasteiger partial charge is 0.397 e. The van der Waals surface area contributed by atoms with E-state index in [9.17, 15) is 0 Å². The summed E-state index contributed by atoms with van der Waals surface area (Å²) < 4.78 is 12.7. The summed E-state index contributed by atoms with van der Waals surface area (Å²) in [7, 11) is -0.698. The molecule has 1 aliphatic rings. The number of benzene rings is 5. The van der Waals surface area contributed by atoms with Crippen LogP contribution in [0.4, 0.5) is 0 Å². The number of rotatable bonds is 4. The summed E-state index contributed by atoms with van der Waals surface area (Å²) in [5, 5.41) is 4.74. The van der Waals surface area contributed by atoms with Crippen LogP contribution in [-0.2, 0) is 9.31 Å². The second-order valence-electron chi connectivity index (χ2n) is 11.6. The van der Waals surface area contributed by atoms with Crippen molar-refractivity contribution < 1.29 is 9.31 Å². The molecular formula is C35H30BN3O2. The van der Waals surface area contributed by atoms with Crippen molar-refractivity contribution >= 4 is 34.4 Å². The lowest BCUT2D eigenvalue weighted by atomic mass is 9.88. The zero-order valence-electron chi connectivity index (χ0n) is 23.6. The third-order valence-electron chi connectivity index (χ3n) is 8.37. The second-order valence-corrected chi connectivity index (χ2v) is 11.6. The number of hydrogen-bond donors (Lipinski definition) is 0. The molecule has 1 fully saturated rings. The number of nitrogens with zero attached hydrogens (tertiary/aromatic N) is 3. The Morgan fingerprint density at radius 2 is 1.07 bits per heavy atom. The van der Waals surface area contributed by atoms with Crippen molar-refractivity contribution in [3.05, 3.63) is 109 Å². The summed E-state index contributed by atoms with van der Waals surface area (Å²) >= 11 is 0. The maximum Gasteiger partial charge on any atom is 0.534 e. The monoisotopic (exact) mass is 535 g/mol. The van der Waals surface area contributed by atoms with Gasteiger partial charge in [-0.3, -0.25) is 0 Å². The fourth-order valence-electron chi connectivity index (χ4n) is 5.31. The average Bonchev–Trinajstić information content (AvgIpc) is 3.22. The Labute approximate surface area is 240 Å². The predicted molar refractivity (Wildman–Crippen MR) is 167 cm³/mol. The van der Waals surface area contributed by atoms with Crippen LogP contribution in [0.25, 0.3) is 55.4 Å². The van der Waals surface area contributed by atoms with Gasteiger partial charge in [0, 0.05) is 11.1 Å². The van der Waals surface area contributed by atoms with Crippen molar-refractivity contribution in [2.45, 2.75) is 38.9 Å². The highest BCUT2D eigenvalue weighted by Gasteiger charge is 2.53. The zero-order chi connectivity index (χ0) is 28.2. The topological polar surface area (TPSA) is 57.1 Å². The molecule has 1 saturated heterocycles. The Hall–Kier alpha value is -4.39. The van der Waals surface area contributed by atoms with E-state index < -0.39 is 18.3 Å². The third kappa shape index (κ3) is 4.59.